The first kappa shape index (κ1) is 13.9. The summed E-state index contributed by atoms with van der Waals surface area (Å²) >= 11 is 0. The van der Waals surface area contributed by atoms with Gasteiger partial charge in [0, 0.05) is 36.8 Å². The predicted molar refractivity (Wildman–Crippen MR) is 83.2 cm³/mol. The Balaban J connectivity index is 1.59. The van der Waals surface area contributed by atoms with Gasteiger partial charge in [-0.3, -0.25) is 4.79 Å². The number of benzene rings is 1. The lowest BCUT2D eigenvalue weighted by Gasteiger charge is -2.16. The van der Waals surface area contributed by atoms with E-state index in [4.69, 9.17) is 10.5 Å². The normalized spacial score (nSPS) is 14.5. The van der Waals surface area contributed by atoms with Crippen LogP contribution in [0.1, 0.15) is 23.3 Å². The van der Waals surface area contributed by atoms with Crippen molar-refractivity contribution in [1.82, 2.24) is 9.88 Å². The minimum atomic E-state index is -0.0280. The predicted octanol–water partition coefficient (Wildman–Crippen LogP) is 2.25. The number of nitrogen functional groups attached to an aromatic ring is 1. The molecule has 0 saturated heterocycles. The van der Waals surface area contributed by atoms with Crippen molar-refractivity contribution in [3.63, 3.8) is 0 Å². The fraction of sp³-hybridized carbons (Fsp3) is 0.438. The molecule has 1 saturated carbocycles. The summed E-state index contributed by atoms with van der Waals surface area (Å²) in [6, 6.07) is 7.42. The molecule has 21 heavy (non-hydrogen) atoms. The molecule has 5 heteroatoms. The Kier molecular flexibility index (Phi) is 3.84. The van der Waals surface area contributed by atoms with Crippen LogP contribution in [0.15, 0.2) is 24.3 Å². The maximum atomic E-state index is 12.3. The van der Waals surface area contributed by atoms with Gasteiger partial charge < -0.3 is 20.4 Å². The maximum Gasteiger partial charge on any atom is 0.270 e. The van der Waals surface area contributed by atoms with E-state index < -0.39 is 0 Å². The molecule has 2 aromatic rings. The number of nitrogens with one attached hydrogen (secondary N) is 1. The number of amides is 1. The summed E-state index contributed by atoms with van der Waals surface area (Å²) in [4.78, 5) is 17.2. The second-order valence-electron chi connectivity index (χ2n) is 5.77. The van der Waals surface area contributed by atoms with E-state index in [1.807, 2.05) is 24.3 Å². The van der Waals surface area contributed by atoms with Gasteiger partial charge in [-0.2, -0.15) is 0 Å². The van der Waals surface area contributed by atoms with Gasteiger partial charge in [-0.1, -0.05) is 0 Å². The van der Waals surface area contributed by atoms with Crippen LogP contribution < -0.4 is 5.73 Å². The second-order valence-corrected chi connectivity index (χ2v) is 5.77. The third kappa shape index (κ3) is 3.36. The van der Waals surface area contributed by atoms with Crippen molar-refractivity contribution < 1.29 is 9.53 Å². The van der Waals surface area contributed by atoms with Gasteiger partial charge >= 0.3 is 0 Å². The van der Waals surface area contributed by atoms with Crippen molar-refractivity contribution in [3.05, 3.63) is 30.0 Å². The van der Waals surface area contributed by atoms with Crippen molar-refractivity contribution >= 4 is 22.5 Å². The number of H-pyrrole nitrogens is 1. The van der Waals surface area contributed by atoms with E-state index in [0.29, 0.717) is 24.5 Å². The minimum Gasteiger partial charge on any atom is -0.399 e. The summed E-state index contributed by atoms with van der Waals surface area (Å²) in [7, 11) is 1.79. The Morgan fingerprint density at radius 3 is 3.00 bits per heavy atom. The Morgan fingerprint density at radius 2 is 2.24 bits per heavy atom. The van der Waals surface area contributed by atoms with Gasteiger partial charge in [0.1, 0.15) is 5.69 Å². The molecule has 0 unspecified atom stereocenters. The Labute approximate surface area is 124 Å². The molecule has 0 spiro atoms. The molecule has 3 N–H and O–H groups in total. The van der Waals surface area contributed by atoms with E-state index in [9.17, 15) is 4.79 Å². The third-order valence-electron chi connectivity index (χ3n) is 3.84. The molecule has 0 bridgehead atoms. The Bertz CT molecular complexity index is 646. The van der Waals surface area contributed by atoms with Crippen LogP contribution in [0.4, 0.5) is 5.69 Å². The molecule has 112 valence electrons. The number of nitrogens with two attached hydrogens (primary N) is 1. The molecule has 0 aliphatic heterocycles. The number of hydrogen-bond acceptors (Lipinski definition) is 3. The fourth-order valence-electron chi connectivity index (χ4n) is 2.31. The Hall–Kier alpha value is -2.01. The van der Waals surface area contributed by atoms with Crippen molar-refractivity contribution in [1.29, 1.82) is 0 Å². The summed E-state index contributed by atoms with van der Waals surface area (Å²) in [5, 5.41) is 0.955. The van der Waals surface area contributed by atoms with Gasteiger partial charge in [0.15, 0.2) is 0 Å². The topological polar surface area (TPSA) is 71.3 Å². The number of anilines is 1. The fourth-order valence-corrected chi connectivity index (χ4v) is 2.31. The van der Waals surface area contributed by atoms with E-state index in [0.717, 1.165) is 23.4 Å². The molecule has 0 atom stereocenters. The van der Waals surface area contributed by atoms with Crippen LogP contribution in [-0.4, -0.2) is 42.6 Å². The number of aromatic amines is 1. The lowest BCUT2D eigenvalue weighted by molar-refractivity contribution is 0.0677. The van der Waals surface area contributed by atoms with Crippen molar-refractivity contribution in [3.8, 4) is 0 Å². The summed E-state index contributed by atoms with van der Waals surface area (Å²) < 4.78 is 5.57. The highest BCUT2D eigenvalue weighted by molar-refractivity contribution is 5.98. The number of carbonyl (C=O) groups is 1. The van der Waals surface area contributed by atoms with Crippen molar-refractivity contribution in [2.45, 2.75) is 12.8 Å². The van der Waals surface area contributed by atoms with Gasteiger partial charge in [-0.05, 0) is 43.0 Å². The van der Waals surface area contributed by atoms with Crippen LogP contribution in [0.3, 0.4) is 0 Å². The highest BCUT2D eigenvalue weighted by Gasteiger charge is 2.21. The van der Waals surface area contributed by atoms with Crippen molar-refractivity contribution in [2.24, 2.45) is 5.92 Å². The van der Waals surface area contributed by atoms with Crippen LogP contribution >= 0.6 is 0 Å². The molecule has 5 nitrogen and oxygen atoms in total. The molecule has 1 aliphatic carbocycles. The molecule has 0 radical (unpaired) electrons. The van der Waals surface area contributed by atoms with Gasteiger partial charge in [0.2, 0.25) is 0 Å². The van der Waals surface area contributed by atoms with Crippen LogP contribution in [-0.2, 0) is 4.74 Å². The average molecular weight is 287 g/mol. The zero-order valence-corrected chi connectivity index (χ0v) is 12.3. The quantitative estimate of drug-likeness (QED) is 0.632. The summed E-state index contributed by atoms with van der Waals surface area (Å²) in [5.74, 6) is 0.727. The first-order chi connectivity index (χ1) is 10.1. The van der Waals surface area contributed by atoms with Crippen molar-refractivity contribution in [2.75, 3.05) is 32.5 Å². The van der Waals surface area contributed by atoms with E-state index in [2.05, 4.69) is 4.98 Å². The summed E-state index contributed by atoms with van der Waals surface area (Å²) in [5.41, 5.74) is 7.96. The average Bonchev–Trinajstić information content (AvgIpc) is 3.20. The number of likely N-dealkylation sites (N-methyl/N-ethyl adjacent to an activating group) is 1. The molecule has 1 aromatic heterocycles. The SMILES string of the molecule is CN(CCOCC1CC1)C(=O)c1cc2cc(N)ccc2[nH]1. The first-order valence-electron chi connectivity index (χ1n) is 7.35. The number of nitrogens with zero attached hydrogens (tertiary/aromatic N) is 1. The van der Waals surface area contributed by atoms with Crippen LogP contribution in [0.5, 0.6) is 0 Å². The molecular formula is C16H21N3O2. The maximum absolute atomic E-state index is 12.3. The van der Waals surface area contributed by atoms with E-state index in [1.54, 1.807) is 11.9 Å². The number of hydrogen-bond donors (Lipinski definition) is 2. The molecule has 1 amide bonds. The number of fused-ring (bicyclic) bond motifs is 1. The van der Waals surface area contributed by atoms with E-state index in [1.165, 1.54) is 12.8 Å². The summed E-state index contributed by atoms with van der Waals surface area (Å²) in [6.07, 6.45) is 2.57. The zero-order valence-electron chi connectivity index (χ0n) is 12.3. The largest absolute Gasteiger partial charge is 0.399 e. The van der Waals surface area contributed by atoms with E-state index >= 15 is 0 Å². The lowest BCUT2D eigenvalue weighted by atomic mass is 10.2. The number of carbonyl (C=O) groups excluding carboxylic acids is 1. The second kappa shape index (κ2) is 5.77. The highest BCUT2D eigenvalue weighted by atomic mass is 16.5. The van der Waals surface area contributed by atoms with Gasteiger partial charge in [0.25, 0.3) is 5.91 Å². The number of aromatic nitrogens is 1. The summed E-state index contributed by atoms with van der Waals surface area (Å²) in [6.45, 7) is 2.02. The lowest BCUT2D eigenvalue weighted by Crippen LogP contribution is -2.30. The third-order valence-corrected chi connectivity index (χ3v) is 3.84. The Morgan fingerprint density at radius 1 is 1.43 bits per heavy atom. The van der Waals surface area contributed by atoms with Gasteiger partial charge in [-0.15, -0.1) is 0 Å². The molecular weight excluding hydrogens is 266 g/mol. The molecule has 1 fully saturated rings. The molecule has 1 heterocycles. The zero-order chi connectivity index (χ0) is 14.8. The molecule has 1 aliphatic rings. The molecule has 3 rings (SSSR count). The van der Waals surface area contributed by atoms with Crippen LogP contribution in [0.25, 0.3) is 10.9 Å². The van der Waals surface area contributed by atoms with Crippen LogP contribution in [0, 0.1) is 5.92 Å². The number of rotatable bonds is 6. The smallest absolute Gasteiger partial charge is 0.270 e. The van der Waals surface area contributed by atoms with Crippen LogP contribution in [0.2, 0.25) is 0 Å². The number of ether oxygens (including phenoxy) is 1. The monoisotopic (exact) mass is 287 g/mol. The highest BCUT2D eigenvalue weighted by Crippen LogP contribution is 2.28. The molecule has 1 aromatic carbocycles. The van der Waals surface area contributed by atoms with E-state index in [-0.39, 0.29) is 5.91 Å². The minimum absolute atomic E-state index is 0.0280. The van der Waals surface area contributed by atoms with Gasteiger partial charge in [-0.25, -0.2) is 0 Å². The standard InChI is InChI=1S/C16H21N3O2/c1-19(6-7-21-10-11-2-3-11)16(20)15-9-12-8-13(17)4-5-14(12)18-15/h4-5,8-9,11,18H,2-3,6-7,10,17H2,1H3. The van der Waals surface area contributed by atoms with Gasteiger partial charge in [0.05, 0.1) is 6.61 Å². The first-order valence-corrected chi connectivity index (χ1v) is 7.35.